The summed E-state index contributed by atoms with van der Waals surface area (Å²) in [6.45, 7) is 5.83. The number of hydrogen-bond acceptors (Lipinski definition) is 6. The molecule has 1 aromatic rings. The van der Waals surface area contributed by atoms with E-state index in [-0.39, 0.29) is 0 Å². The third-order valence-corrected chi connectivity index (χ3v) is 4.43. The van der Waals surface area contributed by atoms with Gasteiger partial charge in [0, 0.05) is 52.2 Å². The first-order valence-corrected chi connectivity index (χ1v) is 8.18. The lowest BCUT2D eigenvalue weighted by Gasteiger charge is -2.36. The minimum Gasteiger partial charge on any atom is -0.480 e. The predicted molar refractivity (Wildman–Crippen MR) is 87.9 cm³/mol. The van der Waals surface area contributed by atoms with Crippen molar-refractivity contribution in [3.05, 3.63) is 11.1 Å². The molecule has 1 N–H and O–H groups in total. The quantitative estimate of drug-likeness (QED) is 0.620. The number of thiazole rings is 1. The van der Waals surface area contributed by atoms with Gasteiger partial charge in [-0.2, -0.15) is 0 Å². The zero-order valence-electron chi connectivity index (χ0n) is 13.3. The monoisotopic (exact) mass is 325 g/mol. The highest BCUT2D eigenvalue weighted by Crippen LogP contribution is 2.20. The third kappa shape index (κ3) is 4.75. The fourth-order valence-corrected chi connectivity index (χ4v) is 2.93. The number of carboxylic acid groups (broad SMARTS) is 1. The van der Waals surface area contributed by atoms with Crippen LogP contribution in [0, 0.1) is 0 Å². The van der Waals surface area contributed by atoms with Crippen LogP contribution >= 0.6 is 11.3 Å². The van der Waals surface area contributed by atoms with Gasteiger partial charge in [0.15, 0.2) is 0 Å². The third-order valence-electron chi connectivity index (χ3n) is 3.64. The molecule has 0 aliphatic carbocycles. The van der Waals surface area contributed by atoms with Crippen LogP contribution in [-0.4, -0.2) is 83.4 Å². The van der Waals surface area contributed by atoms with Gasteiger partial charge in [-0.15, -0.1) is 11.3 Å². The molecule has 1 aliphatic rings. The van der Waals surface area contributed by atoms with E-state index in [0.29, 0.717) is 0 Å². The highest BCUT2D eigenvalue weighted by molar-refractivity contribution is 7.13. The van der Waals surface area contributed by atoms with E-state index < -0.39 is 12.0 Å². The van der Waals surface area contributed by atoms with E-state index in [9.17, 15) is 4.79 Å². The Morgan fingerprint density at radius 3 is 2.77 bits per heavy atom. The molecule has 0 bridgehead atoms. The second-order valence-electron chi connectivity index (χ2n) is 5.66. The van der Waals surface area contributed by atoms with Crippen molar-refractivity contribution >= 4 is 28.8 Å². The first-order valence-electron chi connectivity index (χ1n) is 7.30. The minimum atomic E-state index is -0.753. The molecule has 7 nitrogen and oxygen atoms in total. The van der Waals surface area contributed by atoms with Crippen molar-refractivity contribution < 1.29 is 9.90 Å². The fraction of sp³-hybridized carbons (Fsp3) is 0.643. The summed E-state index contributed by atoms with van der Waals surface area (Å²) in [6, 6.07) is -0.409. The molecular weight excluding hydrogens is 302 g/mol. The Hall–Kier alpha value is -1.51. The van der Waals surface area contributed by atoms with Crippen molar-refractivity contribution in [2.24, 2.45) is 4.99 Å². The number of nitrogens with zero attached hydrogens (tertiary/aromatic N) is 5. The summed E-state index contributed by atoms with van der Waals surface area (Å²) >= 11 is 1.54. The molecule has 1 atom stereocenters. The van der Waals surface area contributed by atoms with Crippen molar-refractivity contribution in [3.8, 4) is 0 Å². The van der Waals surface area contributed by atoms with Crippen molar-refractivity contribution in [3.63, 3.8) is 0 Å². The molecule has 0 spiro atoms. The zero-order chi connectivity index (χ0) is 16.1. The fourth-order valence-electron chi connectivity index (χ4n) is 2.29. The Labute approximate surface area is 134 Å². The van der Waals surface area contributed by atoms with Gasteiger partial charge in [-0.05, 0) is 6.92 Å². The Morgan fingerprint density at radius 1 is 1.50 bits per heavy atom. The number of carboxylic acids is 1. The molecule has 0 aromatic carbocycles. The van der Waals surface area contributed by atoms with Crippen molar-refractivity contribution in [1.29, 1.82) is 0 Å². The van der Waals surface area contributed by atoms with Gasteiger partial charge in [0.25, 0.3) is 0 Å². The SMILES string of the molecule is CC(C(=O)O)N1CCN(Cc2csc(N=CN(C)C)n2)CC1. The van der Waals surface area contributed by atoms with Crippen LogP contribution in [0.25, 0.3) is 0 Å². The van der Waals surface area contributed by atoms with Crippen LogP contribution in [0.2, 0.25) is 0 Å². The topological polar surface area (TPSA) is 72.3 Å². The Balaban J connectivity index is 1.82. The lowest BCUT2D eigenvalue weighted by molar-refractivity contribution is -0.143. The number of carbonyl (C=O) groups is 1. The molecular formula is C14H23N5O2S. The summed E-state index contributed by atoms with van der Waals surface area (Å²) in [7, 11) is 3.85. The molecule has 2 rings (SSSR count). The standard InChI is InChI=1S/C14H23N5O2S/c1-11(13(20)21)19-6-4-18(5-7-19)8-12-9-22-14(16-12)15-10-17(2)3/h9-11H,4-8H2,1-3H3,(H,20,21). The maximum absolute atomic E-state index is 11.0. The van der Waals surface area contributed by atoms with Crippen LogP contribution in [0.15, 0.2) is 10.4 Å². The van der Waals surface area contributed by atoms with Gasteiger partial charge in [0.2, 0.25) is 5.13 Å². The molecule has 1 unspecified atom stereocenters. The van der Waals surface area contributed by atoms with E-state index in [0.717, 1.165) is 43.5 Å². The van der Waals surface area contributed by atoms with Crippen LogP contribution < -0.4 is 0 Å². The molecule has 0 radical (unpaired) electrons. The van der Waals surface area contributed by atoms with Crippen LogP contribution in [0.1, 0.15) is 12.6 Å². The van der Waals surface area contributed by atoms with E-state index in [2.05, 4.69) is 14.9 Å². The lowest BCUT2D eigenvalue weighted by atomic mass is 10.2. The number of aliphatic imine (C=N–C) groups is 1. The zero-order valence-corrected chi connectivity index (χ0v) is 14.1. The first-order chi connectivity index (χ1) is 10.5. The normalized spacial score (nSPS) is 18.7. The molecule has 1 aliphatic heterocycles. The second-order valence-corrected chi connectivity index (χ2v) is 6.49. The molecule has 0 amide bonds. The minimum absolute atomic E-state index is 0.409. The molecule has 1 aromatic heterocycles. The summed E-state index contributed by atoms with van der Waals surface area (Å²) in [5.41, 5.74) is 1.02. The van der Waals surface area contributed by atoms with Crippen molar-refractivity contribution in [1.82, 2.24) is 19.7 Å². The Morgan fingerprint density at radius 2 is 2.18 bits per heavy atom. The highest BCUT2D eigenvalue weighted by atomic mass is 32.1. The van der Waals surface area contributed by atoms with Crippen molar-refractivity contribution in [2.75, 3.05) is 40.3 Å². The van der Waals surface area contributed by atoms with Gasteiger partial charge in [-0.25, -0.2) is 9.98 Å². The van der Waals surface area contributed by atoms with Crippen LogP contribution in [0.3, 0.4) is 0 Å². The molecule has 1 saturated heterocycles. The van der Waals surface area contributed by atoms with Gasteiger partial charge >= 0.3 is 5.97 Å². The van der Waals surface area contributed by atoms with E-state index in [4.69, 9.17) is 5.11 Å². The Kier molecular flexibility index (Phi) is 5.87. The summed E-state index contributed by atoms with van der Waals surface area (Å²) < 4.78 is 0. The summed E-state index contributed by atoms with van der Waals surface area (Å²) in [5.74, 6) is -0.753. The number of aromatic nitrogens is 1. The van der Waals surface area contributed by atoms with Crippen LogP contribution in [0.5, 0.6) is 0 Å². The van der Waals surface area contributed by atoms with Crippen LogP contribution in [0.4, 0.5) is 5.13 Å². The van der Waals surface area contributed by atoms with Gasteiger partial charge in [-0.1, -0.05) is 0 Å². The van der Waals surface area contributed by atoms with E-state index in [1.165, 1.54) is 11.3 Å². The molecule has 8 heteroatoms. The molecule has 2 heterocycles. The average Bonchev–Trinajstić information content (AvgIpc) is 2.92. The van der Waals surface area contributed by atoms with Crippen LogP contribution in [-0.2, 0) is 11.3 Å². The second kappa shape index (κ2) is 7.66. The van der Waals surface area contributed by atoms with Gasteiger partial charge in [0.1, 0.15) is 6.04 Å². The number of aliphatic carboxylic acids is 1. The van der Waals surface area contributed by atoms with E-state index in [1.807, 2.05) is 29.3 Å². The maximum atomic E-state index is 11.0. The van der Waals surface area contributed by atoms with Gasteiger partial charge in [0.05, 0.1) is 12.0 Å². The summed E-state index contributed by atoms with van der Waals surface area (Å²) in [5, 5.41) is 11.8. The highest BCUT2D eigenvalue weighted by Gasteiger charge is 2.25. The molecule has 0 saturated carbocycles. The van der Waals surface area contributed by atoms with Gasteiger partial charge < -0.3 is 10.0 Å². The smallest absolute Gasteiger partial charge is 0.320 e. The summed E-state index contributed by atoms with van der Waals surface area (Å²) in [4.78, 5) is 26.0. The molecule has 22 heavy (non-hydrogen) atoms. The van der Waals surface area contributed by atoms with Crippen molar-refractivity contribution in [2.45, 2.75) is 19.5 Å². The molecule has 122 valence electrons. The number of hydrogen-bond donors (Lipinski definition) is 1. The summed E-state index contributed by atoms with van der Waals surface area (Å²) in [6.07, 6.45) is 1.74. The number of piperazine rings is 1. The largest absolute Gasteiger partial charge is 0.480 e. The predicted octanol–water partition coefficient (Wildman–Crippen LogP) is 0.955. The number of rotatable bonds is 6. The first kappa shape index (κ1) is 16.9. The molecule has 1 fully saturated rings. The lowest BCUT2D eigenvalue weighted by Crippen LogP contribution is -2.51. The van der Waals surface area contributed by atoms with E-state index >= 15 is 0 Å². The van der Waals surface area contributed by atoms with E-state index in [1.54, 1.807) is 13.3 Å². The average molecular weight is 325 g/mol. The van der Waals surface area contributed by atoms with Gasteiger partial charge in [-0.3, -0.25) is 14.6 Å². The maximum Gasteiger partial charge on any atom is 0.320 e. The Bertz CT molecular complexity index is 523.